The van der Waals surface area contributed by atoms with Crippen LogP contribution in [-0.2, 0) is 18.7 Å². The lowest BCUT2D eigenvalue weighted by Crippen LogP contribution is -2.70. The lowest BCUT2D eigenvalue weighted by atomic mass is 10.2. The number of aromatic nitrogens is 1. The van der Waals surface area contributed by atoms with E-state index in [0.29, 0.717) is 38.3 Å². The zero-order chi connectivity index (χ0) is 31.5. The van der Waals surface area contributed by atoms with Crippen LogP contribution < -0.4 is 20.6 Å². The summed E-state index contributed by atoms with van der Waals surface area (Å²) in [5.74, 6) is -0.804. The third-order valence-electron chi connectivity index (χ3n) is 7.98. The molecule has 1 N–H and O–H groups in total. The van der Waals surface area contributed by atoms with Gasteiger partial charge in [-0.25, -0.2) is 9.78 Å². The second-order valence-electron chi connectivity index (χ2n) is 12.3. The van der Waals surface area contributed by atoms with E-state index in [0.717, 1.165) is 5.13 Å². The van der Waals surface area contributed by atoms with Crippen molar-refractivity contribution in [3.8, 4) is 0 Å². The molecule has 0 radical (unpaired) electrons. The number of thiazole rings is 1. The Hall–Kier alpha value is -3.74. The van der Waals surface area contributed by atoms with Crippen LogP contribution in [0.25, 0.3) is 0 Å². The van der Waals surface area contributed by atoms with Crippen molar-refractivity contribution in [3.63, 3.8) is 0 Å². The van der Waals surface area contributed by atoms with Gasteiger partial charge in [0.2, 0.25) is 6.29 Å². The van der Waals surface area contributed by atoms with E-state index in [-0.39, 0.29) is 23.1 Å². The number of nitrogens with one attached hydrogen (secondary N) is 1. The van der Waals surface area contributed by atoms with Crippen molar-refractivity contribution < 1.29 is 28.3 Å². The van der Waals surface area contributed by atoms with Gasteiger partial charge in [-0.1, -0.05) is 81.4 Å². The van der Waals surface area contributed by atoms with E-state index in [4.69, 9.17) is 13.9 Å². The van der Waals surface area contributed by atoms with Gasteiger partial charge in [0, 0.05) is 51.4 Å². The van der Waals surface area contributed by atoms with Crippen molar-refractivity contribution in [1.82, 2.24) is 15.2 Å². The van der Waals surface area contributed by atoms with Crippen molar-refractivity contribution in [2.45, 2.75) is 64.5 Å². The van der Waals surface area contributed by atoms with E-state index in [1.807, 2.05) is 12.1 Å². The Bertz CT molecular complexity index is 1420. The highest BCUT2D eigenvalue weighted by Gasteiger charge is 2.52. The molecule has 5 rings (SSSR count). The molecule has 2 saturated heterocycles. The van der Waals surface area contributed by atoms with Gasteiger partial charge in [-0.3, -0.25) is 9.59 Å². The molecule has 0 spiro atoms. The summed E-state index contributed by atoms with van der Waals surface area (Å²) < 4.78 is 17.2. The highest BCUT2D eigenvalue weighted by molar-refractivity contribution is 7.14. The smallest absolute Gasteiger partial charge is 0.412 e. The third-order valence-corrected chi connectivity index (χ3v) is 14.0. The number of carbonyl (C=O) groups is 3. The van der Waals surface area contributed by atoms with Gasteiger partial charge < -0.3 is 29.0 Å². The maximum absolute atomic E-state index is 13.0. The van der Waals surface area contributed by atoms with Crippen molar-refractivity contribution in [2.75, 3.05) is 31.1 Å². The van der Waals surface area contributed by atoms with Crippen molar-refractivity contribution in [3.05, 3.63) is 71.7 Å². The van der Waals surface area contributed by atoms with E-state index < -0.39 is 26.7 Å². The largest absolute Gasteiger partial charge is 0.426 e. The molecule has 0 aliphatic carbocycles. The minimum absolute atomic E-state index is 0.0373. The lowest BCUT2D eigenvalue weighted by Gasteiger charge is -2.49. The molecule has 3 heterocycles. The van der Waals surface area contributed by atoms with Gasteiger partial charge in [-0.2, -0.15) is 0 Å². The highest BCUT2D eigenvalue weighted by atomic mass is 32.1. The van der Waals surface area contributed by atoms with E-state index >= 15 is 0 Å². The SMILES string of the molecule is CC(=O)OC(C)OC(=O)N1CC[C@@H](NC(=O)c2csc(N3CC(O[Si](c4ccccc4)(c4ccccc4)C(C)(C)C)C3)n2)C1. The van der Waals surface area contributed by atoms with Gasteiger partial charge in [0.1, 0.15) is 5.69 Å². The predicted molar refractivity (Wildman–Crippen MR) is 172 cm³/mol. The molecular weight excluding hydrogens is 597 g/mol. The second kappa shape index (κ2) is 13.1. The summed E-state index contributed by atoms with van der Waals surface area (Å²) in [4.78, 5) is 44.7. The van der Waals surface area contributed by atoms with E-state index in [1.54, 1.807) is 5.38 Å². The molecule has 44 heavy (non-hydrogen) atoms. The molecule has 234 valence electrons. The number of esters is 1. The summed E-state index contributed by atoms with van der Waals surface area (Å²) in [6.45, 7) is 11.7. The average molecular weight is 637 g/mol. The number of hydrogen-bond acceptors (Lipinski definition) is 9. The number of carbonyl (C=O) groups excluding carboxylic acids is 3. The van der Waals surface area contributed by atoms with Gasteiger partial charge >= 0.3 is 12.1 Å². The molecule has 2 aromatic carbocycles. The Morgan fingerprint density at radius 3 is 2.16 bits per heavy atom. The van der Waals surface area contributed by atoms with Gasteiger partial charge in [0.25, 0.3) is 14.2 Å². The van der Waals surface area contributed by atoms with Gasteiger partial charge in [-0.05, 0) is 21.8 Å². The third kappa shape index (κ3) is 6.82. The number of anilines is 1. The molecule has 10 nitrogen and oxygen atoms in total. The zero-order valence-electron chi connectivity index (χ0n) is 25.8. The standard InChI is InChI=1S/C32H40N4O6SSi/c1-22(37)40-23(2)41-31(39)35-17-16-24(18-35)33-29(38)28-21-43-30(34-28)36-19-25(20-36)42-44(32(3,4)5,26-12-8-6-9-13-26)27-14-10-7-11-15-27/h6-15,21,23-25H,16-20H2,1-5H3,(H,33,38)/t23?,24-/m1/s1. The number of benzene rings is 2. The molecule has 0 bridgehead atoms. The Kier molecular flexibility index (Phi) is 9.42. The Labute approximate surface area is 263 Å². The summed E-state index contributed by atoms with van der Waals surface area (Å²) >= 11 is 1.44. The first kappa shape index (κ1) is 31.7. The molecule has 2 atom stereocenters. The topological polar surface area (TPSA) is 110 Å². The normalized spacial score (nSPS) is 18.0. The summed E-state index contributed by atoms with van der Waals surface area (Å²) in [5.41, 5.74) is 0.353. The van der Waals surface area contributed by atoms with Crippen LogP contribution in [0.2, 0.25) is 5.04 Å². The van der Waals surface area contributed by atoms with Crippen LogP contribution >= 0.6 is 11.3 Å². The molecule has 12 heteroatoms. The summed E-state index contributed by atoms with van der Waals surface area (Å²) in [6, 6.07) is 21.0. The molecular formula is C32H40N4O6SSi. The number of hydrogen-bond donors (Lipinski definition) is 1. The second-order valence-corrected chi connectivity index (χ2v) is 17.4. The molecule has 2 amide bonds. The molecule has 2 aliphatic heterocycles. The quantitative estimate of drug-likeness (QED) is 0.215. The van der Waals surface area contributed by atoms with Gasteiger partial charge in [0.15, 0.2) is 5.13 Å². The Morgan fingerprint density at radius 2 is 1.59 bits per heavy atom. The summed E-state index contributed by atoms with van der Waals surface area (Å²) in [6.07, 6.45) is -0.931. The minimum Gasteiger partial charge on any atom is -0.426 e. The first-order chi connectivity index (χ1) is 21.0. The van der Waals surface area contributed by atoms with Crippen LogP contribution in [-0.4, -0.2) is 80.8 Å². The van der Waals surface area contributed by atoms with E-state index in [9.17, 15) is 14.4 Å². The molecule has 1 unspecified atom stereocenters. The maximum Gasteiger partial charge on any atom is 0.412 e. The fourth-order valence-electron chi connectivity index (χ4n) is 5.90. The number of ether oxygens (including phenoxy) is 2. The fourth-order valence-corrected chi connectivity index (χ4v) is 11.4. The number of rotatable bonds is 9. The number of likely N-dealkylation sites (tertiary alicyclic amines) is 1. The van der Waals surface area contributed by atoms with Crippen LogP contribution in [0.4, 0.5) is 9.93 Å². The highest BCUT2D eigenvalue weighted by Crippen LogP contribution is 2.39. The average Bonchev–Trinajstić information content (AvgIpc) is 3.63. The Balaban J connectivity index is 1.19. The Morgan fingerprint density at radius 1 is 0.977 bits per heavy atom. The van der Waals surface area contributed by atoms with Crippen LogP contribution in [0.15, 0.2) is 66.0 Å². The molecule has 2 fully saturated rings. The van der Waals surface area contributed by atoms with E-state index in [2.05, 4.69) is 84.5 Å². The van der Waals surface area contributed by atoms with Crippen molar-refractivity contribution in [1.29, 1.82) is 0 Å². The lowest BCUT2D eigenvalue weighted by molar-refractivity contribution is -0.163. The van der Waals surface area contributed by atoms with Crippen LogP contribution in [0.5, 0.6) is 0 Å². The number of amides is 2. The monoisotopic (exact) mass is 636 g/mol. The van der Waals surface area contributed by atoms with E-state index in [1.165, 1.54) is 40.5 Å². The van der Waals surface area contributed by atoms with Gasteiger partial charge in [0.05, 0.1) is 6.10 Å². The molecule has 1 aromatic heterocycles. The van der Waals surface area contributed by atoms with Crippen LogP contribution in [0.3, 0.4) is 0 Å². The van der Waals surface area contributed by atoms with Crippen LogP contribution in [0.1, 0.15) is 51.5 Å². The van der Waals surface area contributed by atoms with Crippen molar-refractivity contribution >= 4 is 53.1 Å². The van der Waals surface area contributed by atoms with Gasteiger partial charge in [-0.15, -0.1) is 11.3 Å². The minimum atomic E-state index is -2.64. The fraction of sp³-hybridized carbons (Fsp3) is 0.438. The first-order valence-electron chi connectivity index (χ1n) is 14.9. The summed E-state index contributed by atoms with van der Waals surface area (Å²) in [5, 5.41) is 7.94. The first-order valence-corrected chi connectivity index (χ1v) is 17.7. The van der Waals surface area contributed by atoms with Crippen molar-refractivity contribution in [2.24, 2.45) is 0 Å². The number of nitrogens with zero attached hydrogens (tertiary/aromatic N) is 3. The molecule has 3 aromatic rings. The summed E-state index contributed by atoms with van der Waals surface area (Å²) in [7, 11) is -2.64. The molecule has 0 saturated carbocycles. The maximum atomic E-state index is 13.0. The predicted octanol–water partition coefficient (Wildman–Crippen LogP) is 3.76. The van der Waals surface area contributed by atoms with Crippen LogP contribution in [0, 0.1) is 0 Å². The molecule has 2 aliphatic rings. The zero-order valence-corrected chi connectivity index (χ0v) is 27.6.